The van der Waals surface area contributed by atoms with Crippen molar-refractivity contribution in [2.75, 3.05) is 41.0 Å². The molecule has 0 amide bonds. The molecular weight excluding hydrogens is 238 g/mol. The molecule has 0 rings (SSSR count). The van der Waals surface area contributed by atoms with Gasteiger partial charge in [-0.15, -0.1) is 0 Å². The quantitative estimate of drug-likeness (QED) is 0.561. The summed E-state index contributed by atoms with van der Waals surface area (Å²) in [5, 5.41) is 0. The normalized spacial score (nSPS) is 12.3. The van der Waals surface area contributed by atoms with Crippen LogP contribution < -0.4 is 0 Å². The summed E-state index contributed by atoms with van der Waals surface area (Å²) in [6, 6.07) is -0.00254. The van der Waals surface area contributed by atoms with Crippen molar-refractivity contribution in [3.05, 3.63) is 0 Å². The molecule has 6 nitrogen and oxygen atoms in total. The fourth-order valence-electron chi connectivity index (χ4n) is 1.55. The highest BCUT2D eigenvalue weighted by atomic mass is 16.5. The van der Waals surface area contributed by atoms with E-state index in [9.17, 15) is 9.59 Å². The Balaban J connectivity index is 4.26. The Morgan fingerprint density at radius 3 is 2.17 bits per heavy atom. The Bertz CT molecular complexity index is 257. The van der Waals surface area contributed by atoms with Crippen LogP contribution in [-0.2, 0) is 23.8 Å². The summed E-state index contributed by atoms with van der Waals surface area (Å²) in [6.45, 7) is 3.66. The summed E-state index contributed by atoms with van der Waals surface area (Å²) in [5.41, 5.74) is 0. The number of nitrogens with zero attached hydrogens (tertiary/aromatic N) is 1. The summed E-state index contributed by atoms with van der Waals surface area (Å²) in [6.07, 6.45) is 0.590. The molecule has 18 heavy (non-hydrogen) atoms. The second kappa shape index (κ2) is 9.85. The minimum atomic E-state index is -0.261. The highest BCUT2D eigenvalue weighted by Crippen LogP contribution is 2.06. The Kier molecular flexibility index (Phi) is 9.22. The number of carbonyl (C=O) groups excluding carboxylic acids is 2. The summed E-state index contributed by atoms with van der Waals surface area (Å²) in [4.78, 5) is 24.4. The number of hydrogen-bond acceptors (Lipinski definition) is 6. The van der Waals surface area contributed by atoms with Crippen molar-refractivity contribution in [3.63, 3.8) is 0 Å². The van der Waals surface area contributed by atoms with E-state index < -0.39 is 0 Å². The summed E-state index contributed by atoms with van der Waals surface area (Å²) in [5.74, 6) is -0.523. The van der Waals surface area contributed by atoms with Gasteiger partial charge in [-0.05, 0) is 6.92 Å². The molecule has 0 aliphatic rings. The lowest BCUT2D eigenvalue weighted by molar-refractivity contribution is -0.142. The van der Waals surface area contributed by atoms with Crippen molar-refractivity contribution in [2.45, 2.75) is 25.8 Å². The van der Waals surface area contributed by atoms with Crippen LogP contribution in [0.3, 0.4) is 0 Å². The van der Waals surface area contributed by atoms with E-state index in [-0.39, 0.29) is 18.0 Å². The second-order valence-electron chi connectivity index (χ2n) is 3.98. The van der Waals surface area contributed by atoms with Crippen molar-refractivity contribution >= 4 is 11.9 Å². The van der Waals surface area contributed by atoms with Crippen molar-refractivity contribution in [2.24, 2.45) is 0 Å². The average molecular weight is 261 g/mol. The maximum Gasteiger partial charge on any atom is 0.307 e. The Morgan fingerprint density at radius 1 is 1.06 bits per heavy atom. The topological polar surface area (TPSA) is 65.1 Å². The molecule has 0 aromatic heterocycles. The third kappa shape index (κ3) is 7.24. The van der Waals surface area contributed by atoms with Gasteiger partial charge < -0.3 is 14.2 Å². The predicted molar refractivity (Wildman–Crippen MR) is 66.2 cm³/mol. The molecule has 0 aromatic rings. The fourth-order valence-corrected chi connectivity index (χ4v) is 1.55. The predicted octanol–water partition coefficient (Wildman–Crippen LogP) is 0.450. The second-order valence-corrected chi connectivity index (χ2v) is 3.98. The zero-order valence-corrected chi connectivity index (χ0v) is 11.6. The van der Waals surface area contributed by atoms with E-state index in [1.165, 1.54) is 14.2 Å². The van der Waals surface area contributed by atoms with Crippen LogP contribution in [0.1, 0.15) is 19.8 Å². The first-order valence-corrected chi connectivity index (χ1v) is 5.91. The fraction of sp³-hybridized carbons (Fsp3) is 0.833. The van der Waals surface area contributed by atoms with Crippen LogP contribution in [0.5, 0.6) is 0 Å². The van der Waals surface area contributed by atoms with E-state index in [4.69, 9.17) is 4.74 Å². The first kappa shape index (κ1) is 16.9. The summed E-state index contributed by atoms with van der Waals surface area (Å²) >= 11 is 0. The van der Waals surface area contributed by atoms with Gasteiger partial charge in [-0.2, -0.15) is 0 Å². The molecule has 0 N–H and O–H groups in total. The van der Waals surface area contributed by atoms with Crippen LogP contribution in [0.4, 0.5) is 0 Å². The van der Waals surface area contributed by atoms with Gasteiger partial charge in [0.1, 0.15) is 0 Å². The molecule has 1 atom stereocenters. The minimum absolute atomic E-state index is 0.00254. The van der Waals surface area contributed by atoms with Crippen molar-refractivity contribution < 1.29 is 23.8 Å². The van der Waals surface area contributed by atoms with Crippen LogP contribution in [0.2, 0.25) is 0 Å². The Hall–Kier alpha value is -1.14. The van der Waals surface area contributed by atoms with Crippen LogP contribution >= 0.6 is 0 Å². The van der Waals surface area contributed by atoms with Gasteiger partial charge in [0.25, 0.3) is 0 Å². The Morgan fingerprint density at radius 2 is 1.67 bits per heavy atom. The SMILES string of the molecule is COCCN(CCC(=O)OC)C(C)CC(=O)OC. The van der Waals surface area contributed by atoms with E-state index in [0.717, 1.165) is 0 Å². The third-order valence-electron chi connectivity index (χ3n) is 2.73. The standard InChI is InChI=1S/C12H23NO5/c1-10(9-12(15)18-4)13(7-8-16-2)6-5-11(14)17-3/h10H,5-9H2,1-4H3. The van der Waals surface area contributed by atoms with E-state index in [1.54, 1.807) is 7.11 Å². The molecule has 1 unspecified atom stereocenters. The van der Waals surface area contributed by atoms with Gasteiger partial charge in [-0.3, -0.25) is 14.5 Å². The number of rotatable bonds is 9. The summed E-state index contributed by atoms with van der Waals surface area (Å²) in [7, 11) is 4.34. The number of ether oxygens (including phenoxy) is 3. The van der Waals surface area contributed by atoms with Crippen molar-refractivity contribution in [1.82, 2.24) is 4.90 Å². The highest BCUT2D eigenvalue weighted by Gasteiger charge is 2.18. The molecule has 0 radical (unpaired) electrons. The molecule has 6 heteroatoms. The zero-order chi connectivity index (χ0) is 14.0. The highest BCUT2D eigenvalue weighted by molar-refractivity contribution is 5.70. The maximum absolute atomic E-state index is 11.2. The van der Waals surface area contributed by atoms with Crippen molar-refractivity contribution in [1.29, 1.82) is 0 Å². The zero-order valence-electron chi connectivity index (χ0n) is 11.6. The lowest BCUT2D eigenvalue weighted by Crippen LogP contribution is -2.38. The van der Waals surface area contributed by atoms with E-state index >= 15 is 0 Å². The van der Waals surface area contributed by atoms with Crippen LogP contribution in [0.15, 0.2) is 0 Å². The van der Waals surface area contributed by atoms with Crippen LogP contribution in [0.25, 0.3) is 0 Å². The Labute approximate surface area is 108 Å². The molecule has 0 aromatic carbocycles. The van der Waals surface area contributed by atoms with Gasteiger partial charge in [0, 0.05) is 26.2 Å². The number of carbonyl (C=O) groups is 2. The molecule has 106 valence electrons. The maximum atomic E-state index is 11.2. The van der Waals surface area contributed by atoms with Gasteiger partial charge in [0.15, 0.2) is 0 Å². The molecule has 0 saturated carbocycles. The number of esters is 2. The average Bonchev–Trinajstić information content (AvgIpc) is 2.37. The van der Waals surface area contributed by atoms with Gasteiger partial charge >= 0.3 is 11.9 Å². The first-order valence-electron chi connectivity index (χ1n) is 5.91. The van der Waals surface area contributed by atoms with E-state index in [1.807, 2.05) is 11.8 Å². The van der Waals surface area contributed by atoms with Gasteiger partial charge in [-0.1, -0.05) is 0 Å². The monoisotopic (exact) mass is 261 g/mol. The molecule has 0 heterocycles. The molecule has 0 spiro atoms. The van der Waals surface area contributed by atoms with Gasteiger partial charge in [0.05, 0.1) is 33.7 Å². The largest absolute Gasteiger partial charge is 0.469 e. The van der Waals surface area contributed by atoms with Gasteiger partial charge in [-0.25, -0.2) is 0 Å². The van der Waals surface area contributed by atoms with Crippen LogP contribution in [-0.4, -0.2) is 63.9 Å². The smallest absolute Gasteiger partial charge is 0.307 e. The summed E-state index contributed by atoms with van der Waals surface area (Å²) < 4.78 is 14.2. The molecule has 0 bridgehead atoms. The first-order chi connectivity index (χ1) is 8.54. The molecule has 0 saturated heterocycles. The number of methoxy groups -OCH3 is 3. The lowest BCUT2D eigenvalue weighted by Gasteiger charge is -2.27. The van der Waals surface area contributed by atoms with E-state index in [2.05, 4.69) is 9.47 Å². The number of hydrogen-bond donors (Lipinski definition) is 0. The van der Waals surface area contributed by atoms with Crippen molar-refractivity contribution in [3.8, 4) is 0 Å². The van der Waals surface area contributed by atoms with E-state index in [0.29, 0.717) is 32.5 Å². The van der Waals surface area contributed by atoms with Crippen LogP contribution in [0, 0.1) is 0 Å². The minimum Gasteiger partial charge on any atom is -0.469 e. The molecule has 0 aliphatic carbocycles. The lowest BCUT2D eigenvalue weighted by atomic mass is 10.2. The molecule has 0 aliphatic heterocycles. The molecule has 0 fully saturated rings. The van der Waals surface area contributed by atoms with Gasteiger partial charge in [0.2, 0.25) is 0 Å². The molecular formula is C12H23NO5. The third-order valence-corrected chi connectivity index (χ3v) is 2.73.